The van der Waals surface area contributed by atoms with E-state index in [1.54, 1.807) is 36.4 Å². The van der Waals surface area contributed by atoms with E-state index in [0.717, 1.165) is 55.7 Å². The SMILES string of the molecule is Nc1ccc(Oc2ccc(NC3CC(=O)N(c4ccc(N(c5ccc(N(c6ccc(N7C(=O)CCC7=O)cc6)c6ccc7ccccc7c6)cc5)c5ccc6ccccc6c5)cc4)C3=O)cc2)cc1. The summed E-state index contributed by atoms with van der Waals surface area (Å²) >= 11 is 0. The van der Waals surface area contributed by atoms with Crippen molar-refractivity contribution in [2.45, 2.75) is 25.3 Å². The number of nitrogens with one attached hydrogen (secondary N) is 1. The highest BCUT2D eigenvalue weighted by Gasteiger charge is 2.39. The average molecular weight is 905 g/mol. The molecule has 0 aromatic heterocycles. The Bertz CT molecular complexity index is 3400. The summed E-state index contributed by atoms with van der Waals surface area (Å²) in [4.78, 5) is 59.4. The van der Waals surface area contributed by atoms with E-state index in [1.165, 1.54) is 9.80 Å². The van der Waals surface area contributed by atoms with Crippen molar-refractivity contribution in [3.63, 3.8) is 0 Å². The summed E-state index contributed by atoms with van der Waals surface area (Å²) in [6, 6.07) is 66.0. The third kappa shape index (κ3) is 8.45. The predicted molar refractivity (Wildman–Crippen MR) is 274 cm³/mol. The molecule has 11 nitrogen and oxygen atoms in total. The van der Waals surface area contributed by atoms with Crippen LogP contribution in [0.2, 0.25) is 0 Å². The lowest BCUT2D eigenvalue weighted by atomic mass is 10.1. The molecule has 3 N–H and O–H groups in total. The molecule has 9 aromatic rings. The molecule has 0 aliphatic carbocycles. The molecule has 2 aliphatic rings. The third-order valence-electron chi connectivity index (χ3n) is 12.6. The van der Waals surface area contributed by atoms with Crippen molar-refractivity contribution in [2.24, 2.45) is 0 Å². The number of amides is 4. The monoisotopic (exact) mass is 904 g/mol. The summed E-state index contributed by atoms with van der Waals surface area (Å²) in [7, 11) is 0. The number of rotatable bonds is 12. The fourth-order valence-electron chi connectivity index (χ4n) is 9.15. The van der Waals surface area contributed by atoms with Crippen LogP contribution in [-0.4, -0.2) is 29.7 Å². The van der Waals surface area contributed by atoms with Crippen LogP contribution in [0.3, 0.4) is 0 Å². The summed E-state index contributed by atoms with van der Waals surface area (Å²) < 4.78 is 5.92. The molecule has 0 saturated carbocycles. The van der Waals surface area contributed by atoms with Gasteiger partial charge in [-0.3, -0.25) is 24.1 Å². The highest BCUT2D eigenvalue weighted by molar-refractivity contribution is 6.23. The molecule has 11 heteroatoms. The van der Waals surface area contributed by atoms with Gasteiger partial charge in [-0.15, -0.1) is 0 Å². The second-order valence-corrected chi connectivity index (χ2v) is 17.1. The number of benzene rings is 9. The Morgan fingerprint density at radius 2 is 0.841 bits per heavy atom. The van der Waals surface area contributed by atoms with Crippen LogP contribution in [0.5, 0.6) is 11.5 Å². The zero-order valence-electron chi connectivity index (χ0n) is 37.2. The molecule has 9 aromatic carbocycles. The molecule has 2 aliphatic heterocycles. The number of imide groups is 2. The van der Waals surface area contributed by atoms with Crippen LogP contribution in [-0.2, 0) is 19.2 Å². The van der Waals surface area contributed by atoms with Crippen LogP contribution in [0.1, 0.15) is 19.3 Å². The Kier molecular flexibility index (Phi) is 11.0. The number of nitrogens with zero attached hydrogens (tertiary/aromatic N) is 4. The van der Waals surface area contributed by atoms with E-state index in [1.807, 2.05) is 84.9 Å². The average Bonchev–Trinajstić information content (AvgIpc) is 3.87. The van der Waals surface area contributed by atoms with Gasteiger partial charge in [0.15, 0.2) is 0 Å². The molecule has 69 heavy (non-hydrogen) atoms. The van der Waals surface area contributed by atoms with Crippen molar-refractivity contribution in [2.75, 3.05) is 30.7 Å². The van der Waals surface area contributed by atoms with E-state index in [0.29, 0.717) is 34.2 Å². The maximum atomic E-state index is 13.9. The fourth-order valence-corrected chi connectivity index (χ4v) is 9.15. The van der Waals surface area contributed by atoms with E-state index in [4.69, 9.17) is 10.5 Å². The number of anilines is 10. The number of ether oxygens (including phenoxy) is 1. The van der Waals surface area contributed by atoms with Crippen molar-refractivity contribution in [3.8, 4) is 11.5 Å². The van der Waals surface area contributed by atoms with E-state index < -0.39 is 6.04 Å². The highest BCUT2D eigenvalue weighted by Crippen LogP contribution is 2.42. The van der Waals surface area contributed by atoms with E-state index in [2.05, 4.69) is 100 Å². The molecule has 0 bridgehead atoms. The molecule has 0 spiro atoms. The second-order valence-electron chi connectivity index (χ2n) is 17.1. The zero-order valence-corrected chi connectivity index (χ0v) is 37.2. The molecule has 2 saturated heterocycles. The second kappa shape index (κ2) is 17.9. The molecule has 2 fully saturated rings. The Balaban J connectivity index is 0.888. The van der Waals surface area contributed by atoms with Gasteiger partial charge < -0.3 is 25.6 Å². The molecular weight excluding hydrogens is 861 g/mol. The minimum atomic E-state index is -0.737. The Labute approximate surface area is 398 Å². The Hall–Kier alpha value is -9.22. The van der Waals surface area contributed by atoms with E-state index >= 15 is 0 Å². The molecule has 11 rings (SSSR count). The van der Waals surface area contributed by atoms with E-state index in [9.17, 15) is 19.2 Å². The summed E-state index contributed by atoms with van der Waals surface area (Å²) in [6.45, 7) is 0. The zero-order chi connectivity index (χ0) is 47.0. The highest BCUT2D eigenvalue weighted by atomic mass is 16.5. The molecular formula is C58H44N6O5. The maximum absolute atomic E-state index is 13.9. The summed E-state index contributed by atoms with van der Waals surface area (Å²) in [5.74, 6) is 0.262. The number of fused-ring (bicyclic) bond motifs is 2. The van der Waals surface area contributed by atoms with E-state index in [-0.39, 0.29) is 42.9 Å². The van der Waals surface area contributed by atoms with Crippen LogP contribution in [0.25, 0.3) is 21.5 Å². The summed E-state index contributed by atoms with van der Waals surface area (Å²) in [6.07, 6.45) is 0.444. The number of nitrogen functional groups attached to an aromatic ring is 1. The number of carbonyl (C=O) groups is 4. The number of nitrogens with two attached hydrogens (primary N) is 1. The summed E-state index contributed by atoms with van der Waals surface area (Å²) in [5, 5.41) is 7.63. The first-order valence-corrected chi connectivity index (χ1v) is 22.7. The van der Waals surface area contributed by atoms with Crippen molar-refractivity contribution in [3.05, 3.63) is 206 Å². The van der Waals surface area contributed by atoms with Gasteiger partial charge in [0.05, 0.1) is 17.8 Å². The first kappa shape index (κ1) is 42.4. The molecule has 4 amide bonds. The number of carbonyl (C=O) groups excluding carboxylic acids is 4. The number of hydrogen-bond acceptors (Lipinski definition) is 9. The lowest BCUT2D eigenvalue weighted by Crippen LogP contribution is -2.34. The van der Waals surface area contributed by atoms with Crippen LogP contribution < -0.4 is 35.4 Å². The first-order chi connectivity index (χ1) is 33.7. The normalized spacial score (nSPS) is 14.8. The molecule has 336 valence electrons. The van der Waals surface area contributed by atoms with Gasteiger partial charge in [0.25, 0.3) is 5.91 Å². The minimum absolute atomic E-state index is 0.0119. The van der Waals surface area contributed by atoms with Crippen molar-refractivity contribution in [1.82, 2.24) is 0 Å². The van der Waals surface area contributed by atoms with Gasteiger partial charge >= 0.3 is 0 Å². The smallest absolute Gasteiger partial charge is 0.256 e. The molecule has 1 atom stereocenters. The van der Waals surface area contributed by atoms with Crippen LogP contribution >= 0.6 is 0 Å². The molecule has 2 heterocycles. The largest absolute Gasteiger partial charge is 0.457 e. The van der Waals surface area contributed by atoms with Crippen LogP contribution in [0.15, 0.2) is 206 Å². The minimum Gasteiger partial charge on any atom is -0.457 e. The lowest BCUT2D eigenvalue weighted by Gasteiger charge is -2.29. The van der Waals surface area contributed by atoms with Gasteiger partial charge in [-0.2, -0.15) is 0 Å². The predicted octanol–water partition coefficient (Wildman–Crippen LogP) is 12.7. The van der Waals surface area contributed by atoms with Crippen LogP contribution in [0.4, 0.5) is 56.9 Å². The Morgan fingerprint density at radius 1 is 0.435 bits per heavy atom. The third-order valence-corrected chi connectivity index (χ3v) is 12.6. The quantitative estimate of drug-likeness (QED) is 0.0909. The fraction of sp³-hybridized carbons (Fsp3) is 0.0690. The van der Waals surface area contributed by atoms with Crippen molar-refractivity contribution < 1.29 is 23.9 Å². The topological polar surface area (TPSA) is 129 Å². The van der Waals surface area contributed by atoms with Crippen LogP contribution in [0, 0.1) is 0 Å². The molecule has 0 radical (unpaired) electrons. The van der Waals surface area contributed by atoms with Crippen molar-refractivity contribution >= 4 is 102 Å². The Morgan fingerprint density at radius 3 is 1.32 bits per heavy atom. The van der Waals surface area contributed by atoms with Gasteiger partial charge in [0.2, 0.25) is 17.7 Å². The van der Waals surface area contributed by atoms with Gasteiger partial charge in [0, 0.05) is 58.3 Å². The van der Waals surface area contributed by atoms with Gasteiger partial charge in [-0.25, -0.2) is 4.90 Å². The summed E-state index contributed by atoms with van der Waals surface area (Å²) in [5.41, 5.74) is 13.5. The van der Waals surface area contributed by atoms with Gasteiger partial charge in [-0.1, -0.05) is 60.7 Å². The molecule has 1 unspecified atom stereocenters. The standard InChI is InChI=1S/C58H44N6O5/c59-42-11-29-52(30-12-42)69-53-31-13-43(14-32-53)60-54-37-57(67)64(58(54)68)49-27-23-47(24-28-49)62(51-16-10-39-6-2-4-8-41(39)36-51)45-19-17-44(18-20-45)61(50-15-9-38-5-1-3-7-40(38)35-50)46-21-25-48(26-22-46)63-55(65)33-34-56(63)66/h1-32,35-36,54,60H,33-34,37,59H2. The maximum Gasteiger partial charge on any atom is 0.256 e. The first-order valence-electron chi connectivity index (χ1n) is 22.7. The van der Waals surface area contributed by atoms with Gasteiger partial charge in [-0.05, 0) is 167 Å². The van der Waals surface area contributed by atoms with Crippen molar-refractivity contribution in [1.29, 1.82) is 0 Å². The lowest BCUT2D eigenvalue weighted by molar-refractivity contribution is -0.122. The van der Waals surface area contributed by atoms with Gasteiger partial charge in [0.1, 0.15) is 17.5 Å². The number of hydrogen-bond donors (Lipinski definition) is 2.